The van der Waals surface area contributed by atoms with Gasteiger partial charge in [-0.25, -0.2) is 0 Å². The van der Waals surface area contributed by atoms with Crippen LogP contribution in [0.4, 0.5) is 0 Å². The fourth-order valence-electron chi connectivity index (χ4n) is 3.89. The van der Waals surface area contributed by atoms with Crippen molar-refractivity contribution in [1.29, 1.82) is 0 Å². The van der Waals surface area contributed by atoms with Gasteiger partial charge in [-0.05, 0) is 31.6 Å². The van der Waals surface area contributed by atoms with E-state index in [0.29, 0.717) is 18.4 Å². The number of ether oxygens (including phenoxy) is 1. The number of carbonyl (C=O) groups excluding carboxylic acids is 1. The van der Waals surface area contributed by atoms with Gasteiger partial charge in [0.05, 0.1) is 24.5 Å². The zero-order chi connectivity index (χ0) is 16.2. The van der Waals surface area contributed by atoms with Crippen molar-refractivity contribution in [3.05, 3.63) is 0 Å². The van der Waals surface area contributed by atoms with Gasteiger partial charge in [0.1, 0.15) is 4.32 Å². The molecular weight excluding hydrogens is 328 g/mol. The topological polar surface area (TPSA) is 32.8 Å². The molecule has 3 fully saturated rings. The first kappa shape index (κ1) is 17.5. The molecule has 3 rings (SSSR count). The Hall–Kier alpha value is -0.330. The Morgan fingerprint density at radius 2 is 1.91 bits per heavy atom. The molecule has 6 heteroatoms. The fraction of sp³-hybridized carbons (Fsp3) is 0.882. The average Bonchev–Trinajstić information content (AvgIpc) is 2.59. The minimum absolute atomic E-state index is 0.239. The Bertz CT molecular complexity index is 436. The molecule has 0 aromatic heterocycles. The summed E-state index contributed by atoms with van der Waals surface area (Å²) < 4.78 is 6.76. The normalized spacial score (nSPS) is 29.3. The number of morpholine rings is 1. The zero-order valence-corrected chi connectivity index (χ0v) is 15.7. The number of amides is 1. The third kappa shape index (κ3) is 4.40. The summed E-state index contributed by atoms with van der Waals surface area (Å²) >= 11 is 7.09. The number of hydrogen-bond donors (Lipinski definition) is 0. The Morgan fingerprint density at radius 1 is 1.17 bits per heavy atom. The minimum Gasteiger partial charge on any atom is -0.374 e. The van der Waals surface area contributed by atoms with E-state index in [1.165, 1.54) is 25.7 Å². The van der Waals surface area contributed by atoms with E-state index in [0.717, 1.165) is 42.7 Å². The summed E-state index contributed by atoms with van der Waals surface area (Å²) in [5.74, 6) is 1.52. The molecule has 0 aromatic rings. The summed E-state index contributed by atoms with van der Waals surface area (Å²) in [6.07, 6.45) is 7.33. The molecule has 0 aromatic carbocycles. The van der Waals surface area contributed by atoms with E-state index < -0.39 is 0 Å². The highest BCUT2D eigenvalue weighted by molar-refractivity contribution is 8.23. The highest BCUT2D eigenvalue weighted by atomic mass is 32.2. The second kappa shape index (κ2) is 8.17. The lowest BCUT2D eigenvalue weighted by Gasteiger charge is -2.43. The van der Waals surface area contributed by atoms with Gasteiger partial charge >= 0.3 is 0 Å². The lowest BCUT2D eigenvalue weighted by molar-refractivity contribution is -0.146. The quantitative estimate of drug-likeness (QED) is 0.711. The SMILES string of the molecule is CC1CCN(C(=S)SCC(=O)N2CCO[C@H]3CCCC[C@@H]32)CC1. The largest absolute Gasteiger partial charge is 0.374 e. The summed E-state index contributed by atoms with van der Waals surface area (Å²) in [5, 5.41) is 0. The summed E-state index contributed by atoms with van der Waals surface area (Å²) in [6, 6.07) is 0.301. The molecule has 23 heavy (non-hydrogen) atoms. The monoisotopic (exact) mass is 356 g/mol. The van der Waals surface area contributed by atoms with E-state index in [9.17, 15) is 4.79 Å². The molecule has 0 bridgehead atoms. The molecule has 2 saturated heterocycles. The smallest absolute Gasteiger partial charge is 0.233 e. The summed E-state index contributed by atoms with van der Waals surface area (Å²) in [4.78, 5) is 17.0. The van der Waals surface area contributed by atoms with Crippen LogP contribution in [-0.4, -0.2) is 64.2 Å². The van der Waals surface area contributed by atoms with Crippen molar-refractivity contribution in [2.24, 2.45) is 5.92 Å². The molecule has 2 aliphatic heterocycles. The first-order valence-electron chi connectivity index (χ1n) is 8.98. The van der Waals surface area contributed by atoms with E-state index in [1.54, 1.807) is 11.8 Å². The van der Waals surface area contributed by atoms with Crippen LogP contribution in [0.3, 0.4) is 0 Å². The Kier molecular flexibility index (Phi) is 6.21. The lowest BCUT2D eigenvalue weighted by atomic mass is 9.90. The van der Waals surface area contributed by atoms with Crippen molar-refractivity contribution in [3.8, 4) is 0 Å². The molecule has 1 saturated carbocycles. The molecule has 2 atom stereocenters. The molecule has 130 valence electrons. The van der Waals surface area contributed by atoms with Gasteiger partial charge in [-0.15, -0.1) is 0 Å². The molecule has 1 aliphatic carbocycles. The summed E-state index contributed by atoms with van der Waals surface area (Å²) in [7, 11) is 0. The molecule has 0 N–H and O–H groups in total. The van der Waals surface area contributed by atoms with Crippen LogP contribution in [0.25, 0.3) is 0 Å². The van der Waals surface area contributed by atoms with E-state index in [-0.39, 0.29) is 12.0 Å². The molecule has 3 aliphatic rings. The summed E-state index contributed by atoms with van der Waals surface area (Å²) in [6.45, 7) is 5.82. The van der Waals surface area contributed by atoms with Gasteiger partial charge in [0.15, 0.2) is 0 Å². The predicted molar refractivity (Wildman–Crippen MR) is 98.7 cm³/mol. The standard InChI is InChI=1S/C17H28N2O2S2/c1-13-6-8-18(9-7-13)17(22)23-12-16(20)19-10-11-21-15-5-3-2-4-14(15)19/h13-15H,2-12H2,1H3/t14-,15-/m0/s1. The van der Waals surface area contributed by atoms with Crippen LogP contribution in [0.1, 0.15) is 45.4 Å². The first-order valence-corrected chi connectivity index (χ1v) is 10.4. The van der Waals surface area contributed by atoms with Gasteiger partial charge < -0.3 is 14.5 Å². The molecule has 1 amide bonds. The van der Waals surface area contributed by atoms with E-state index >= 15 is 0 Å². The number of carbonyl (C=O) groups is 1. The highest BCUT2D eigenvalue weighted by Crippen LogP contribution is 2.29. The van der Waals surface area contributed by atoms with Gasteiger partial charge in [-0.1, -0.05) is 43.7 Å². The van der Waals surface area contributed by atoms with Crippen molar-refractivity contribution in [2.75, 3.05) is 32.0 Å². The number of nitrogens with zero attached hydrogens (tertiary/aromatic N) is 2. The van der Waals surface area contributed by atoms with Crippen LogP contribution in [0, 0.1) is 5.92 Å². The fourth-order valence-corrected chi connectivity index (χ4v) is 5.03. The zero-order valence-electron chi connectivity index (χ0n) is 14.0. The van der Waals surface area contributed by atoms with Crippen molar-refractivity contribution < 1.29 is 9.53 Å². The molecule has 0 unspecified atom stereocenters. The molecule has 0 spiro atoms. The third-order valence-corrected chi connectivity index (χ3v) is 6.92. The average molecular weight is 357 g/mol. The number of likely N-dealkylation sites (tertiary alicyclic amines) is 1. The van der Waals surface area contributed by atoms with Crippen LogP contribution < -0.4 is 0 Å². The number of hydrogen-bond acceptors (Lipinski definition) is 4. The lowest BCUT2D eigenvalue weighted by Crippen LogP contribution is -2.55. The third-order valence-electron chi connectivity index (χ3n) is 5.41. The number of rotatable bonds is 2. The minimum atomic E-state index is 0.239. The van der Waals surface area contributed by atoms with E-state index in [4.69, 9.17) is 17.0 Å². The summed E-state index contributed by atoms with van der Waals surface area (Å²) in [5.41, 5.74) is 0. The molecular formula is C17H28N2O2S2. The molecule has 0 radical (unpaired) electrons. The first-order chi connectivity index (χ1) is 11.1. The van der Waals surface area contributed by atoms with Crippen LogP contribution in [-0.2, 0) is 9.53 Å². The van der Waals surface area contributed by atoms with Crippen molar-refractivity contribution in [3.63, 3.8) is 0 Å². The van der Waals surface area contributed by atoms with Gasteiger partial charge in [-0.2, -0.15) is 0 Å². The maximum absolute atomic E-state index is 12.7. The van der Waals surface area contributed by atoms with Crippen LogP contribution in [0.5, 0.6) is 0 Å². The van der Waals surface area contributed by atoms with Crippen molar-refractivity contribution in [2.45, 2.75) is 57.6 Å². The van der Waals surface area contributed by atoms with Gasteiger partial charge in [0.2, 0.25) is 5.91 Å². The van der Waals surface area contributed by atoms with Gasteiger partial charge in [0.25, 0.3) is 0 Å². The number of fused-ring (bicyclic) bond motifs is 1. The molecule has 2 heterocycles. The second-order valence-corrected chi connectivity index (χ2v) is 8.68. The molecule has 4 nitrogen and oxygen atoms in total. The van der Waals surface area contributed by atoms with E-state index in [1.807, 2.05) is 0 Å². The number of piperidine rings is 1. The van der Waals surface area contributed by atoms with Crippen molar-refractivity contribution in [1.82, 2.24) is 9.80 Å². The Labute approximate surface area is 149 Å². The van der Waals surface area contributed by atoms with E-state index in [2.05, 4.69) is 16.7 Å². The van der Waals surface area contributed by atoms with Crippen LogP contribution in [0.2, 0.25) is 0 Å². The maximum atomic E-state index is 12.7. The predicted octanol–water partition coefficient (Wildman–Crippen LogP) is 2.91. The number of thioether (sulfide) groups is 1. The van der Waals surface area contributed by atoms with Crippen LogP contribution >= 0.6 is 24.0 Å². The van der Waals surface area contributed by atoms with Crippen molar-refractivity contribution >= 4 is 34.2 Å². The Morgan fingerprint density at radius 3 is 2.70 bits per heavy atom. The highest BCUT2D eigenvalue weighted by Gasteiger charge is 2.36. The number of thiocarbonyl (C=S) groups is 1. The van der Waals surface area contributed by atoms with Gasteiger partial charge in [0, 0.05) is 19.6 Å². The van der Waals surface area contributed by atoms with Crippen LogP contribution in [0.15, 0.2) is 0 Å². The second-order valence-electron chi connectivity index (χ2n) is 7.07. The van der Waals surface area contributed by atoms with Gasteiger partial charge in [-0.3, -0.25) is 4.79 Å². The maximum Gasteiger partial charge on any atom is 0.233 e. The Balaban J connectivity index is 1.47.